The summed E-state index contributed by atoms with van der Waals surface area (Å²) in [6, 6.07) is 9.99. The van der Waals surface area contributed by atoms with Crippen molar-refractivity contribution in [2.45, 2.75) is 13.0 Å². The zero-order valence-electron chi connectivity index (χ0n) is 14.6. The summed E-state index contributed by atoms with van der Waals surface area (Å²) in [6.07, 6.45) is 0. The molecular weight excluding hydrogens is 344 g/mol. The first kappa shape index (κ1) is 18.7. The Morgan fingerprint density at radius 1 is 0.960 bits per heavy atom. The maximum Gasteiger partial charge on any atom is 0.246 e. The molecule has 0 saturated heterocycles. The van der Waals surface area contributed by atoms with Gasteiger partial charge < -0.3 is 24.8 Å². The minimum Gasteiger partial charge on any atom is -0.495 e. The standard InChI is InChI=1S/C18H21ClN2O4/c1-11(18(22)21-13-7-5-6-8-15(13)23-2)20-14-9-12(19)16(24-3)10-17(14)25-4/h5-11,20H,1-4H3,(H,21,22)/t11-/m0/s1. The van der Waals surface area contributed by atoms with E-state index in [0.717, 1.165) is 0 Å². The van der Waals surface area contributed by atoms with Crippen LogP contribution in [0.4, 0.5) is 11.4 Å². The van der Waals surface area contributed by atoms with E-state index in [9.17, 15) is 4.79 Å². The van der Waals surface area contributed by atoms with Gasteiger partial charge in [-0.25, -0.2) is 0 Å². The zero-order chi connectivity index (χ0) is 18.4. The molecule has 0 radical (unpaired) electrons. The lowest BCUT2D eigenvalue weighted by Crippen LogP contribution is -2.32. The number of ether oxygens (including phenoxy) is 3. The van der Waals surface area contributed by atoms with Crippen LogP contribution in [0.1, 0.15) is 6.92 Å². The Balaban J connectivity index is 2.15. The van der Waals surface area contributed by atoms with Crippen molar-refractivity contribution < 1.29 is 19.0 Å². The van der Waals surface area contributed by atoms with Crippen LogP contribution >= 0.6 is 11.6 Å². The van der Waals surface area contributed by atoms with E-state index in [-0.39, 0.29) is 5.91 Å². The minimum absolute atomic E-state index is 0.224. The lowest BCUT2D eigenvalue weighted by Gasteiger charge is -2.19. The molecule has 2 rings (SSSR count). The Labute approximate surface area is 152 Å². The van der Waals surface area contributed by atoms with E-state index in [4.69, 9.17) is 25.8 Å². The molecule has 2 aromatic carbocycles. The number of halogens is 1. The van der Waals surface area contributed by atoms with Gasteiger partial charge in [-0.15, -0.1) is 0 Å². The van der Waals surface area contributed by atoms with Crippen LogP contribution in [-0.2, 0) is 4.79 Å². The fourth-order valence-electron chi connectivity index (χ4n) is 2.26. The minimum atomic E-state index is -0.539. The molecule has 2 N–H and O–H groups in total. The van der Waals surface area contributed by atoms with E-state index >= 15 is 0 Å². The monoisotopic (exact) mass is 364 g/mol. The van der Waals surface area contributed by atoms with Gasteiger partial charge in [0.1, 0.15) is 23.3 Å². The number of carbonyl (C=O) groups is 1. The van der Waals surface area contributed by atoms with Crippen LogP contribution in [0, 0.1) is 0 Å². The summed E-state index contributed by atoms with van der Waals surface area (Å²) in [7, 11) is 4.61. The van der Waals surface area contributed by atoms with Crippen molar-refractivity contribution in [1.29, 1.82) is 0 Å². The molecule has 1 amide bonds. The van der Waals surface area contributed by atoms with Crippen LogP contribution in [0.2, 0.25) is 5.02 Å². The second-order valence-electron chi connectivity index (χ2n) is 5.24. The molecule has 0 bridgehead atoms. The van der Waals surface area contributed by atoms with Crippen molar-refractivity contribution in [3.63, 3.8) is 0 Å². The fraction of sp³-hybridized carbons (Fsp3) is 0.278. The number of methoxy groups -OCH3 is 3. The summed E-state index contributed by atoms with van der Waals surface area (Å²) in [5, 5.41) is 6.34. The third-order valence-corrected chi connectivity index (χ3v) is 3.90. The first-order chi connectivity index (χ1) is 12.0. The maximum absolute atomic E-state index is 12.5. The van der Waals surface area contributed by atoms with Gasteiger partial charge in [-0.05, 0) is 25.1 Å². The van der Waals surface area contributed by atoms with Gasteiger partial charge in [0, 0.05) is 6.07 Å². The number of rotatable bonds is 7. The molecule has 0 fully saturated rings. The Kier molecular flexibility index (Phi) is 6.36. The molecule has 0 aliphatic carbocycles. The number of carbonyl (C=O) groups excluding carboxylic acids is 1. The van der Waals surface area contributed by atoms with Gasteiger partial charge in [0.05, 0.1) is 37.7 Å². The van der Waals surface area contributed by atoms with Crippen molar-refractivity contribution in [3.05, 3.63) is 41.4 Å². The molecule has 0 spiro atoms. The van der Waals surface area contributed by atoms with Gasteiger partial charge in [-0.2, -0.15) is 0 Å². The highest BCUT2D eigenvalue weighted by molar-refractivity contribution is 6.32. The maximum atomic E-state index is 12.5. The summed E-state index contributed by atoms with van der Waals surface area (Å²) in [5.41, 5.74) is 1.19. The SMILES string of the molecule is COc1cc(OC)c(N[C@@H](C)C(=O)Nc2ccccc2OC)cc1Cl. The van der Waals surface area contributed by atoms with E-state index in [1.165, 1.54) is 14.2 Å². The van der Waals surface area contributed by atoms with Crippen LogP contribution in [-0.4, -0.2) is 33.3 Å². The van der Waals surface area contributed by atoms with Gasteiger partial charge in [0.2, 0.25) is 5.91 Å². The molecule has 134 valence electrons. The molecule has 6 nitrogen and oxygen atoms in total. The van der Waals surface area contributed by atoms with Gasteiger partial charge in [-0.3, -0.25) is 4.79 Å². The Morgan fingerprint density at radius 3 is 2.24 bits per heavy atom. The molecule has 0 aliphatic rings. The average Bonchev–Trinajstić information content (AvgIpc) is 2.62. The Hall–Kier alpha value is -2.60. The first-order valence-electron chi connectivity index (χ1n) is 7.62. The number of nitrogens with one attached hydrogen (secondary N) is 2. The van der Waals surface area contributed by atoms with Gasteiger partial charge >= 0.3 is 0 Å². The highest BCUT2D eigenvalue weighted by atomic mass is 35.5. The number of para-hydroxylation sites is 2. The normalized spacial score (nSPS) is 11.4. The van der Waals surface area contributed by atoms with Crippen LogP contribution in [0.15, 0.2) is 36.4 Å². The average molecular weight is 365 g/mol. The summed E-state index contributed by atoms with van der Waals surface area (Å²) >= 11 is 6.15. The molecule has 0 saturated carbocycles. The highest BCUT2D eigenvalue weighted by Gasteiger charge is 2.18. The third kappa shape index (κ3) is 4.48. The lowest BCUT2D eigenvalue weighted by molar-refractivity contribution is -0.116. The largest absolute Gasteiger partial charge is 0.495 e. The summed E-state index contributed by atoms with van der Waals surface area (Å²) in [5.74, 6) is 1.39. The molecule has 1 atom stereocenters. The molecule has 0 heterocycles. The Bertz CT molecular complexity index is 752. The lowest BCUT2D eigenvalue weighted by atomic mass is 10.2. The molecule has 0 unspecified atom stereocenters. The fourth-order valence-corrected chi connectivity index (χ4v) is 2.50. The van der Waals surface area contributed by atoms with Crippen molar-refractivity contribution >= 4 is 28.9 Å². The molecule has 7 heteroatoms. The number of hydrogen-bond acceptors (Lipinski definition) is 5. The zero-order valence-corrected chi connectivity index (χ0v) is 15.3. The van der Waals surface area contributed by atoms with E-state index in [2.05, 4.69) is 10.6 Å². The second-order valence-corrected chi connectivity index (χ2v) is 5.65. The number of amides is 1. The smallest absolute Gasteiger partial charge is 0.246 e. The summed E-state index contributed by atoms with van der Waals surface area (Å²) < 4.78 is 15.7. The second kappa shape index (κ2) is 8.48. The third-order valence-electron chi connectivity index (χ3n) is 3.60. The van der Waals surface area contributed by atoms with Crippen molar-refractivity contribution in [2.24, 2.45) is 0 Å². The topological polar surface area (TPSA) is 68.8 Å². The number of hydrogen-bond donors (Lipinski definition) is 2. The predicted molar refractivity (Wildman–Crippen MR) is 99.3 cm³/mol. The van der Waals surface area contributed by atoms with E-state index in [1.54, 1.807) is 38.3 Å². The molecule has 0 aromatic heterocycles. The van der Waals surface area contributed by atoms with Crippen LogP contribution < -0.4 is 24.8 Å². The van der Waals surface area contributed by atoms with E-state index < -0.39 is 6.04 Å². The van der Waals surface area contributed by atoms with Gasteiger partial charge in [0.15, 0.2) is 0 Å². The van der Waals surface area contributed by atoms with Gasteiger partial charge in [-0.1, -0.05) is 23.7 Å². The predicted octanol–water partition coefficient (Wildman–Crippen LogP) is 3.80. The number of benzene rings is 2. The highest BCUT2D eigenvalue weighted by Crippen LogP contribution is 2.36. The molecule has 0 aliphatic heterocycles. The number of anilines is 2. The van der Waals surface area contributed by atoms with E-state index in [0.29, 0.717) is 33.6 Å². The molecule has 2 aromatic rings. The van der Waals surface area contributed by atoms with E-state index in [1.807, 2.05) is 12.1 Å². The molecule has 25 heavy (non-hydrogen) atoms. The van der Waals surface area contributed by atoms with Crippen LogP contribution in [0.25, 0.3) is 0 Å². The first-order valence-corrected chi connectivity index (χ1v) is 7.99. The van der Waals surface area contributed by atoms with Crippen molar-refractivity contribution in [1.82, 2.24) is 0 Å². The van der Waals surface area contributed by atoms with Crippen LogP contribution in [0.3, 0.4) is 0 Å². The van der Waals surface area contributed by atoms with Crippen molar-refractivity contribution in [2.75, 3.05) is 32.0 Å². The van der Waals surface area contributed by atoms with Gasteiger partial charge in [0.25, 0.3) is 0 Å². The van der Waals surface area contributed by atoms with Crippen molar-refractivity contribution in [3.8, 4) is 17.2 Å². The quantitative estimate of drug-likeness (QED) is 0.782. The summed E-state index contributed by atoms with van der Waals surface area (Å²) in [6.45, 7) is 1.74. The Morgan fingerprint density at radius 2 is 1.60 bits per heavy atom. The summed E-state index contributed by atoms with van der Waals surface area (Å²) in [4.78, 5) is 12.5. The van der Waals surface area contributed by atoms with Crippen LogP contribution in [0.5, 0.6) is 17.2 Å². The molecular formula is C18H21ClN2O4.